The van der Waals surface area contributed by atoms with E-state index in [9.17, 15) is 9.90 Å². The van der Waals surface area contributed by atoms with Crippen LogP contribution in [-0.4, -0.2) is 35.1 Å². The van der Waals surface area contributed by atoms with Gasteiger partial charge in [-0.2, -0.15) is 0 Å². The number of hydrogen-bond donors (Lipinski definition) is 1. The molecule has 2 atom stereocenters. The van der Waals surface area contributed by atoms with Gasteiger partial charge in [-0.15, -0.1) is 11.3 Å². The van der Waals surface area contributed by atoms with Crippen molar-refractivity contribution in [3.8, 4) is 0 Å². The summed E-state index contributed by atoms with van der Waals surface area (Å²) in [6.45, 7) is 3.22. The zero-order chi connectivity index (χ0) is 12.3. The summed E-state index contributed by atoms with van der Waals surface area (Å²) in [5.74, 6) is 0.274. The lowest BCUT2D eigenvalue weighted by Crippen LogP contribution is -2.28. The van der Waals surface area contributed by atoms with Crippen LogP contribution in [0.4, 0.5) is 0 Å². The Labute approximate surface area is 105 Å². The molecular formula is C13H17NO2S. The van der Waals surface area contributed by atoms with Gasteiger partial charge in [0.2, 0.25) is 5.91 Å². The monoisotopic (exact) mass is 251 g/mol. The molecule has 1 saturated heterocycles. The number of nitrogens with zero attached hydrogens (tertiary/aromatic N) is 1. The molecule has 1 fully saturated rings. The van der Waals surface area contributed by atoms with Crippen LogP contribution in [0, 0.1) is 5.92 Å². The van der Waals surface area contributed by atoms with Gasteiger partial charge in [0.1, 0.15) is 0 Å². The maximum atomic E-state index is 11.9. The molecule has 2 unspecified atom stereocenters. The highest BCUT2D eigenvalue weighted by Gasteiger charge is 2.27. The van der Waals surface area contributed by atoms with E-state index in [4.69, 9.17) is 0 Å². The number of aliphatic hydroxyl groups is 1. The Morgan fingerprint density at radius 2 is 2.53 bits per heavy atom. The van der Waals surface area contributed by atoms with E-state index >= 15 is 0 Å². The predicted octanol–water partition coefficient (Wildman–Crippen LogP) is 1.99. The second-order valence-electron chi connectivity index (χ2n) is 4.42. The minimum absolute atomic E-state index is 0.0431. The summed E-state index contributed by atoms with van der Waals surface area (Å²) in [4.78, 5) is 14.8. The number of likely N-dealkylation sites (tertiary alicyclic amines) is 1. The zero-order valence-electron chi connectivity index (χ0n) is 9.87. The summed E-state index contributed by atoms with van der Waals surface area (Å²) in [5.41, 5.74) is 0. The van der Waals surface area contributed by atoms with Crippen molar-refractivity contribution < 1.29 is 9.90 Å². The maximum absolute atomic E-state index is 11.9. The number of thiophene rings is 1. The van der Waals surface area contributed by atoms with E-state index in [1.54, 1.807) is 24.3 Å². The maximum Gasteiger partial charge on any atom is 0.246 e. The normalized spacial score (nSPS) is 22.2. The standard InChI is InChI=1S/C13H17NO2S/c1-10(15)11-6-7-14(9-11)13(16)5-4-12-3-2-8-17-12/h2-5,8,10-11,15H,6-7,9H2,1H3/b5-4+. The molecule has 1 N–H and O–H groups in total. The van der Waals surface area contributed by atoms with Gasteiger partial charge in [0.05, 0.1) is 6.10 Å². The Morgan fingerprint density at radius 3 is 3.12 bits per heavy atom. The molecule has 2 heterocycles. The van der Waals surface area contributed by atoms with E-state index in [0.717, 1.165) is 17.8 Å². The largest absolute Gasteiger partial charge is 0.393 e. The summed E-state index contributed by atoms with van der Waals surface area (Å²) in [7, 11) is 0. The third-order valence-corrected chi connectivity index (χ3v) is 3.99. The molecule has 1 amide bonds. The van der Waals surface area contributed by atoms with Crippen LogP contribution in [0.3, 0.4) is 0 Å². The lowest BCUT2D eigenvalue weighted by atomic mass is 10.0. The summed E-state index contributed by atoms with van der Waals surface area (Å²) in [6, 6.07) is 3.95. The Morgan fingerprint density at radius 1 is 1.71 bits per heavy atom. The first kappa shape index (κ1) is 12.3. The molecule has 1 aromatic heterocycles. The predicted molar refractivity (Wildman–Crippen MR) is 69.7 cm³/mol. The van der Waals surface area contributed by atoms with Crippen molar-refractivity contribution in [3.05, 3.63) is 28.5 Å². The molecule has 1 aliphatic heterocycles. The van der Waals surface area contributed by atoms with E-state index in [0.29, 0.717) is 6.54 Å². The molecule has 3 nitrogen and oxygen atoms in total. The molecule has 0 aliphatic carbocycles. The van der Waals surface area contributed by atoms with Crippen molar-refractivity contribution in [1.29, 1.82) is 0 Å². The Balaban J connectivity index is 1.89. The fraction of sp³-hybridized carbons (Fsp3) is 0.462. The van der Waals surface area contributed by atoms with Crippen LogP contribution >= 0.6 is 11.3 Å². The Hall–Kier alpha value is -1.13. The second kappa shape index (κ2) is 5.47. The van der Waals surface area contributed by atoms with Crippen molar-refractivity contribution >= 4 is 23.3 Å². The minimum Gasteiger partial charge on any atom is -0.393 e. The first-order chi connectivity index (χ1) is 8.16. The van der Waals surface area contributed by atoms with E-state index in [-0.39, 0.29) is 17.9 Å². The molecule has 0 saturated carbocycles. The van der Waals surface area contributed by atoms with Gasteiger partial charge in [-0.1, -0.05) is 6.07 Å². The van der Waals surface area contributed by atoms with Gasteiger partial charge < -0.3 is 10.0 Å². The number of aliphatic hydroxyl groups excluding tert-OH is 1. The topological polar surface area (TPSA) is 40.5 Å². The molecular weight excluding hydrogens is 234 g/mol. The van der Waals surface area contributed by atoms with Crippen LogP contribution in [0.2, 0.25) is 0 Å². The fourth-order valence-corrected chi connectivity index (χ4v) is 2.64. The molecule has 4 heteroatoms. The SMILES string of the molecule is CC(O)C1CCN(C(=O)/C=C/c2cccs2)C1. The number of rotatable bonds is 3. The number of carbonyl (C=O) groups is 1. The van der Waals surface area contributed by atoms with Crippen molar-refractivity contribution in [1.82, 2.24) is 4.90 Å². The first-order valence-electron chi connectivity index (χ1n) is 5.85. The first-order valence-corrected chi connectivity index (χ1v) is 6.73. The Kier molecular flexibility index (Phi) is 3.97. The van der Waals surface area contributed by atoms with Crippen LogP contribution in [0.5, 0.6) is 0 Å². The number of amides is 1. The Bertz CT molecular complexity index is 398. The van der Waals surface area contributed by atoms with Gasteiger partial charge >= 0.3 is 0 Å². The third kappa shape index (κ3) is 3.17. The third-order valence-electron chi connectivity index (χ3n) is 3.15. The summed E-state index contributed by atoms with van der Waals surface area (Å²) in [5, 5.41) is 11.5. The average molecular weight is 251 g/mol. The molecule has 0 spiro atoms. The van der Waals surface area contributed by atoms with Gasteiger partial charge in [0.15, 0.2) is 0 Å². The quantitative estimate of drug-likeness (QED) is 0.835. The summed E-state index contributed by atoms with van der Waals surface area (Å²) in [6.07, 6.45) is 4.05. The zero-order valence-corrected chi connectivity index (χ0v) is 10.7. The molecule has 92 valence electrons. The lowest BCUT2D eigenvalue weighted by molar-refractivity contribution is -0.125. The van der Waals surface area contributed by atoms with E-state index in [1.165, 1.54) is 0 Å². The molecule has 0 radical (unpaired) electrons. The van der Waals surface area contributed by atoms with Gasteiger partial charge in [-0.3, -0.25) is 4.79 Å². The molecule has 0 aromatic carbocycles. The molecule has 0 bridgehead atoms. The van der Waals surface area contributed by atoms with E-state index < -0.39 is 0 Å². The lowest BCUT2D eigenvalue weighted by Gasteiger charge is -2.15. The number of hydrogen-bond acceptors (Lipinski definition) is 3. The fourth-order valence-electron chi connectivity index (χ4n) is 2.03. The molecule has 1 aliphatic rings. The summed E-state index contributed by atoms with van der Waals surface area (Å²) < 4.78 is 0. The van der Waals surface area contributed by atoms with Crippen LogP contribution in [0.25, 0.3) is 6.08 Å². The van der Waals surface area contributed by atoms with Crippen LogP contribution in [-0.2, 0) is 4.79 Å². The van der Waals surface area contributed by atoms with Crippen LogP contribution in [0.15, 0.2) is 23.6 Å². The second-order valence-corrected chi connectivity index (χ2v) is 5.40. The van der Waals surface area contributed by atoms with Crippen molar-refractivity contribution in [2.45, 2.75) is 19.4 Å². The average Bonchev–Trinajstić information content (AvgIpc) is 2.96. The molecule has 17 heavy (non-hydrogen) atoms. The van der Waals surface area contributed by atoms with Gasteiger partial charge in [0.25, 0.3) is 0 Å². The van der Waals surface area contributed by atoms with Gasteiger partial charge in [-0.25, -0.2) is 0 Å². The van der Waals surface area contributed by atoms with E-state index in [1.807, 2.05) is 28.5 Å². The molecule has 2 rings (SSSR count). The van der Waals surface area contributed by atoms with Crippen LogP contribution < -0.4 is 0 Å². The smallest absolute Gasteiger partial charge is 0.246 e. The molecule has 1 aromatic rings. The van der Waals surface area contributed by atoms with Crippen molar-refractivity contribution in [3.63, 3.8) is 0 Å². The minimum atomic E-state index is -0.325. The van der Waals surface area contributed by atoms with E-state index in [2.05, 4.69) is 0 Å². The highest BCUT2D eigenvalue weighted by Crippen LogP contribution is 2.20. The van der Waals surface area contributed by atoms with Crippen LogP contribution in [0.1, 0.15) is 18.2 Å². The van der Waals surface area contributed by atoms with Crippen molar-refractivity contribution in [2.75, 3.05) is 13.1 Å². The summed E-state index contributed by atoms with van der Waals surface area (Å²) >= 11 is 1.62. The highest BCUT2D eigenvalue weighted by atomic mass is 32.1. The van der Waals surface area contributed by atoms with Gasteiger partial charge in [-0.05, 0) is 30.9 Å². The van der Waals surface area contributed by atoms with Gasteiger partial charge in [0, 0.05) is 30.0 Å². The number of carbonyl (C=O) groups excluding carboxylic acids is 1. The highest BCUT2D eigenvalue weighted by molar-refractivity contribution is 7.10. The van der Waals surface area contributed by atoms with Crippen molar-refractivity contribution in [2.24, 2.45) is 5.92 Å².